The molecule has 1 aromatic rings. The van der Waals surface area contributed by atoms with E-state index in [1.165, 1.54) is 4.31 Å². The maximum atomic E-state index is 12.3. The minimum atomic E-state index is -3.73. The van der Waals surface area contributed by atoms with Gasteiger partial charge in [-0.05, 0) is 40.9 Å². The summed E-state index contributed by atoms with van der Waals surface area (Å²) in [5.74, 6) is 0. The van der Waals surface area contributed by atoms with E-state index >= 15 is 0 Å². The minimum absolute atomic E-state index is 0.00142. The second-order valence-corrected chi connectivity index (χ2v) is 9.67. The highest BCUT2D eigenvalue weighted by Gasteiger charge is 2.23. The van der Waals surface area contributed by atoms with Crippen molar-refractivity contribution in [1.82, 2.24) is 24.1 Å². The Balaban J connectivity index is 2.68. The summed E-state index contributed by atoms with van der Waals surface area (Å²) >= 11 is 0. The topological polar surface area (TPSA) is 115 Å². The van der Waals surface area contributed by atoms with Gasteiger partial charge in [-0.2, -0.15) is 5.10 Å². The van der Waals surface area contributed by atoms with Crippen molar-refractivity contribution in [2.75, 3.05) is 46.5 Å². The average Bonchev–Trinajstić information content (AvgIpc) is 2.75. The summed E-state index contributed by atoms with van der Waals surface area (Å²) < 4.78 is 52.0. The highest BCUT2D eigenvalue weighted by molar-refractivity contribution is 7.89. The molecule has 0 aliphatic carbocycles. The Morgan fingerprint density at radius 1 is 1.08 bits per heavy atom. The Bertz CT molecular complexity index is 721. The van der Waals surface area contributed by atoms with E-state index in [0.29, 0.717) is 24.4 Å². The van der Waals surface area contributed by atoms with E-state index < -0.39 is 20.0 Å². The number of rotatable bonds is 10. The van der Waals surface area contributed by atoms with Gasteiger partial charge in [0.05, 0.1) is 17.6 Å². The lowest BCUT2D eigenvalue weighted by Crippen LogP contribution is -2.39. The van der Waals surface area contributed by atoms with Gasteiger partial charge in [0, 0.05) is 19.6 Å². The van der Waals surface area contributed by atoms with Crippen LogP contribution in [0.25, 0.3) is 0 Å². The van der Waals surface area contributed by atoms with E-state index in [1.807, 2.05) is 19.0 Å². The molecule has 0 aromatic carbocycles. The second-order valence-electron chi connectivity index (χ2n) is 5.98. The van der Waals surface area contributed by atoms with Gasteiger partial charge in [0.2, 0.25) is 20.0 Å². The number of nitrogens with one attached hydrogen (secondary N) is 2. The highest BCUT2D eigenvalue weighted by atomic mass is 32.2. The van der Waals surface area contributed by atoms with Gasteiger partial charge in [0.1, 0.15) is 4.90 Å². The van der Waals surface area contributed by atoms with Crippen molar-refractivity contribution >= 4 is 20.0 Å². The normalized spacial score (nSPS) is 13.1. The van der Waals surface area contributed by atoms with Gasteiger partial charge < -0.3 is 4.90 Å². The zero-order chi connectivity index (χ0) is 18.5. The summed E-state index contributed by atoms with van der Waals surface area (Å²) in [4.78, 5) is 2.08. The number of aromatic nitrogens is 2. The Morgan fingerprint density at radius 3 is 2.17 bits per heavy atom. The second kappa shape index (κ2) is 8.39. The van der Waals surface area contributed by atoms with E-state index in [9.17, 15) is 16.8 Å². The maximum absolute atomic E-state index is 12.3. The third-order valence-corrected chi connectivity index (χ3v) is 6.49. The Labute approximate surface area is 144 Å². The van der Waals surface area contributed by atoms with Crippen LogP contribution in [0.15, 0.2) is 4.90 Å². The quantitative estimate of drug-likeness (QED) is 0.565. The van der Waals surface area contributed by atoms with Crippen LogP contribution >= 0.6 is 0 Å². The fourth-order valence-corrected chi connectivity index (χ4v) is 4.59. The number of hydrogen-bond donors (Lipinski definition) is 2. The van der Waals surface area contributed by atoms with Gasteiger partial charge in [-0.15, -0.1) is 0 Å². The first-order valence-electron chi connectivity index (χ1n) is 7.56. The van der Waals surface area contributed by atoms with Crippen LogP contribution in [-0.4, -0.2) is 82.8 Å². The van der Waals surface area contributed by atoms with Gasteiger partial charge in [-0.3, -0.25) is 5.10 Å². The standard InChI is InChI=1S/C13H27N5O4S2/c1-11-13(12(2)16-15-11)24(21,22)14-7-10-18(23(5,19)20)9-6-8-17(3)4/h14H,6-10H2,1-5H3,(H,15,16). The Hall–Kier alpha value is -1.01. The molecule has 1 heterocycles. The van der Waals surface area contributed by atoms with Crippen LogP contribution in [-0.2, 0) is 20.0 Å². The molecule has 0 aliphatic rings. The summed E-state index contributed by atoms with van der Waals surface area (Å²) in [5, 5.41) is 6.49. The predicted octanol–water partition coefficient (Wildman–Crippen LogP) is -0.482. The molecule has 0 radical (unpaired) electrons. The summed E-state index contributed by atoms with van der Waals surface area (Å²) in [6, 6.07) is 0. The van der Waals surface area contributed by atoms with Crippen molar-refractivity contribution in [2.24, 2.45) is 0 Å². The van der Waals surface area contributed by atoms with Crippen LogP contribution in [0.1, 0.15) is 17.8 Å². The van der Waals surface area contributed by atoms with Crippen molar-refractivity contribution < 1.29 is 16.8 Å². The van der Waals surface area contributed by atoms with E-state index in [0.717, 1.165) is 12.8 Å². The van der Waals surface area contributed by atoms with E-state index in [4.69, 9.17) is 0 Å². The largest absolute Gasteiger partial charge is 0.309 e. The molecule has 1 rings (SSSR count). The molecule has 0 aliphatic heterocycles. The third-order valence-electron chi connectivity index (χ3n) is 3.46. The zero-order valence-electron chi connectivity index (χ0n) is 14.8. The summed E-state index contributed by atoms with van der Waals surface area (Å²) in [6.07, 6.45) is 1.80. The lowest BCUT2D eigenvalue weighted by Gasteiger charge is -2.21. The van der Waals surface area contributed by atoms with Crippen molar-refractivity contribution in [2.45, 2.75) is 25.2 Å². The van der Waals surface area contributed by atoms with Gasteiger partial charge in [-0.25, -0.2) is 25.9 Å². The lowest BCUT2D eigenvalue weighted by molar-refractivity contribution is 0.352. The molecule has 9 nitrogen and oxygen atoms in total. The molecule has 0 bridgehead atoms. The summed E-state index contributed by atoms with van der Waals surface area (Å²) in [7, 11) is -3.29. The van der Waals surface area contributed by atoms with Crippen molar-refractivity contribution in [3.8, 4) is 0 Å². The monoisotopic (exact) mass is 381 g/mol. The minimum Gasteiger partial charge on any atom is -0.309 e. The number of aromatic amines is 1. The summed E-state index contributed by atoms with van der Waals surface area (Å²) in [5.41, 5.74) is 0.830. The van der Waals surface area contributed by atoms with Crippen molar-refractivity contribution in [3.63, 3.8) is 0 Å². The fraction of sp³-hybridized carbons (Fsp3) is 0.769. The summed E-state index contributed by atoms with van der Waals surface area (Å²) in [6.45, 7) is 4.41. The first-order valence-corrected chi connectivity index (χ1v) is 10.9. The van der Waals surface area contributed by atoms with Crippen LogP contribution in [0.3, 0.4) is 0 Å². The SMILES string of the molecule is Cc1n[nH]c(C)c1S(=O)(=O)NCCN(CCCN(C)C)S(C)(=O)=O. The van der Waals surface area contributed by atoms with E-state index in [1.54, 1.807) is 13.8 Å². The Kier molecular flexibility index (Phi) is 7.35. The molecular formula is C13H27N5O4S2. The van der Waals surface area contributed by atoms with Gasteiger partial charge >= 0.3 is 0 Å². The molecule has 0 amide bonds. The predicted molar refractivity (Wildman–Crippen MR) is 92.8 cm³/mol. The Morgan fingerprint density at radius 2 is 1.71 bits per heavy atom. The van der Waals surface area contributed by atoms with Crippen LogP contribution in [0.5, 0.6) is 0 Å². The van der Waals surface area contributed by atoms with E-state index in [2.05, 4.69) is 14.9 Å². The molecule has 0 unspecified atom stereocenters. The lowest BCUT2D eigenvalue weighted by atomic mass is 10.4. The molecule has 0 atom stereocenters. The molecule has 0 saturated carbocycles. The smallest absolute Gasteiger partial charge is 0.244 e. The number of H-pyrrole nitrogens is 1. The number of sulfonamides is 2. The molecule has 0 saturated heterocycles. The molecule has 24 heavy (non-hydrogen) atoms. The first-order chi connectivity index (χ1) is 10.9. The number of nitrogens with zero attached hydrogens (tertiary/aromatic N) is 3. The molecule has 0 fully saturated rings. The molecule has 140 valence electrons. The molecule has 2 N–H and O–H groups in total. The van der Waals surface area contributed by atoms with Crippen LogP contribution < -0.4 is 4.72 Å². The molecule has 0 spiro atoms. The zero-order valence-corrected chi connectivity index (χ0v) is 16.5. The van der Waals surface area contributed by atoms with Gasteiger partial charge in [-0.1, -0.05) is 0 Å². The van der Waals surface area contributed by atoms with Crippen molar-refractivity contribution in [3.05, 3.63) is 11.4 Å². The average molecular weight is 382 g/mol. The van der Waals surface area contributed by atoms with Crippen molar-refractivity contribution in [1.29, 1.82) is 0 Å². The highest BCUT2D eigenvalue weighted by Crippen LogP contribution is 2.15. The van der Waals surface area contributed by atoms with Gasteiger partial charge in [0.25, 0.3) is 0 Å². The first kappa shape index (κ1) is 21.0. The number of aryl methyl sites for hydroxylation is 2. The van der Waals surface area contributed by atoms with Crippen LogP contribution in [0.2, 0.25) is 0 Å². The molecule has 11 heteroatoms. The molecular weight excluding hydrogens is 354 g/mol. The third kappa shape index (κ3) is 6.13. The number of hydrogen-bond acceptors (Lipinski definition) is 6. The van der Waals surface area contributed by atoms with Gasteiger partial charge in [0.15, 0.2) is 0 Å². The van der Waals surface area contributed by atoms with E-state index in [-0.39, 0.29) is 18.0 Å². The fourth-order valence-electron chi connectivity index (χ4n) is 2.32. The maximum Gasteiger partial charge on any atom is 0.244 e. The van der Waals surface area contributed by atoms with Crippen LogP contribution in [0, 0.1) is 13.8 Å². The molecule has 1 aromatic heterocycles. The van der Waals surface area contributed by atoms with Crippen LogP contribution in [0.4, 0.5) is 0 Å².